The number of sulfonamides is 1. The monoisotopic (exact) mass is 402 g/mol. The van der Waals surface area contributed by atoms with Gasteiger partial charge in [-0.05, 0) is 36.8 Å². The van der Waals surface area contributed by atoms with Gasteiger partial charge in [0.1, 0.15) is 5.84 Å². The predicted octanol–water partition coefficient (Wildman–Crippen LogP) is 2.66. The molecule has 1 aliphatic rings. The molecule has 146 valence electrons. The number of rotatable bonds is 5. The summed E-state index contributed by atoms with van der Waals surface area (Å²) in [6.45, 7) is 0.775. The third kappa shape index (κ3) is 4.34. The van der Waals surface area contributed by atoms with Crippen LogP contribution >= 0.6 is 0 Å². The van der Waals surface area contributed by atoms with Gasteiger partial charge in [-0.2, -0.15) is 8.42 Å². The van der Waals surface area contributed by atoms with Gasteiger partial charge in [0.15, 0.2) is 0 Å². The first-order chi connectivity index (χ1) is 13.3. The van der Waals surface area contributed by atoms with Gasteiger partial charge in [0.05, 0.1) is 9.82 Å². The molecule has 2 aromatic rings. The summed E-state index contributed by atoms with van der Waals surface area (Å²) in [5.74, 6) is -0.00446. The number of nitrogens with one attached hydrogen (secondary N) is 1. The van der Waals surface area contributed by atoms with E-state index in [0.29, 0.717) is 17.9 Å². The zero-order valence-corrected chi connectivity index (χ0v) is 15.8. The minimum absolute atomic E-state index is 0.0219. The molecular weight excluding hydrogens is 384 g/mol. The second-order valence-corrected chi connectivity index (χ2v) is 7.90. The summed E-state index contributed by atoms with van der Waals surface area (Å²) in [5.41, 5.74) is 0.299. The minimum atomic E-state index is -3.83. The molecule has 0 bridgehead atoms. The van der Waals surface area contributed by atoms with Gasteiger partial charge < -0.3 is 10.2 Å². The molecular formula is C18H18N4O5S. The van der Waals surface area contributed by atoms with Gasteiger partial charge >= 0.3 is 0 Å². The first-order valence-corrected chi connectivity index (χ1v) is 9.91. The number of carbonyl (C=O) groups is 1. The van der Waals surface area contributed by atoms with E-state index in [0.717, 1.165) is 13.0 Å². The van der Waals surface area contributed by atoms with E-state index in [1.54, 1.807) is 7.05 Å². The molecule has 3 rings (SSSR count). The zero-order valence-electron chi connectivity index (χ0n) is 15.0. The zero-order chi connectivity index (χ0) is 20.3. The van der Waals surface area contributed by atoms with Crippen molar-refractivity contribution in [2.24, 2.45) is 4.40 Å². The molecule has 0 aromatic heterocycles. The molecule has 1 amide bonds. The fourth-order valence-corrected chi connectivity index (χ4v) is 3.87. The van der Waals surface area contributed by atoms with Crippen molar-refractivity contribution < 1.29 is 18.1 Å². The fourth-order valence-electron chi connectivity index (χ4n) is 2.78. The van der Waals surface area contributed by atoms with Crippen LogP contribution in [0.15, 0.2) is 57.8 Å². The van der Waals surface area contributed by atoms with Crippen molar-refractivity contribution in [2.75, 3.05) is 18.9 Å². The number of benzene rings is 2. The average Bonchev–Trinajstić information content (AvgIpc) is 3.06. The van der Waals surface area contributed by atoms with Crippen molar-refractivity contribution in [2.45, 2.75) is 17.7 Å². The highest BCUT2D eigenvalue weighted by Gasteiger charge is 2.20. The first kappa shape index (κ1) is 19.5. The number of likely N-dealkylation sites (tertiary alicyclic amines) is 1. The van der Waals surface area contributed by atoms with Gasteiger partial charge in [0.25, 0.3) is 21.6 Å². The number of amidine groups is 1. The van der Waals surface area contributed by atoms with E-state index in [-0.39, 0.29) is 16.1 Å². The van der Waals surface area contributed by atoms with Crippen LogP contribution in [0.25, 0.3) is 0 Å². The number of amides is 1. The number of carbonyl (C=O) groups excluding carboxylic acids is 1. The third-order valence-corrected chi connectivity index (χ3v) is 5.61. The molecule has 1 heterocycles. The second kappa shape index (κ2) is 7.77. The summed E-state index contributed by atoms with van der Waals surface area (Å²) in [4.78, 5) is 24.3. The van der Waals surface area contributed by atoms with Gasteiger partial charge in [-0.15, -0.1) is 4.40 Å². The predicted molar refractivity (Wildman–Crippen MR) is 104 cm³/mol. The Kier molecular flexibility index (Phi) is 5.41. The van der Waals surface area contributed by atoms with Crippen molar-refractivity contribution in [3.8, 4) is 0 Å². The number of anilines is 1. The average molecular weight is 402 g/mol. The topological polar surface area (TPSA) is 122 Å². The van der Waals surface area contributed by atoms with Crippen LogP contribution in [0.1, 0.15) is 23.2 Å². The summed E-state index contributed by atoms with van der Waals surface area (Å²) in [7, 11) is -2.03. The molecule has 1 fully saturated rings. The Morgan fingerprint density at radius 1 is 1.21 bits per heavy atom. The van der Waals surface area contributed by atoms with Crippen molar-refractivity contribution in [3.05, 3.63) is 64.2 Å². The highest BCUT2D eigenvalue weighted by molar-refractivity contribution is 7.90. The standard InChI is InChI=1S/C18H18N4O5S/c1-21-11-3-6-17(21)20-28(26,27)16-9-7-14(8-10-16)19-18(23)13-4-2-5-15(12-13)22(24)25/h2,4-5,7-10,12H,3,6,11H2,1H3,(H,19,23)/b20-17+. The lowest BCUT2D eigenvalue weighted by Gasteiger charge is -2.11. The summed E-state index contributed by atoms with van der Waals surface area (Å²) >= 11 is 0. The summed E-state index contributed by atoms with van der Waals surface area (Å²) in [6.07, 6.45) is 1.49. The molecule has 10 heteroatoms. The summed E-state index contributed by atoms with van der Waals surface area (Å²) in [5, 5.41) is 13.4. The van der Waals surface area contributed by atoms with Crippen molar-refractivity contribution in [3.63, 3.8) is 0 Å². The summed E-state index contributed by atoms with van der Waals surface area (Å²) in [6, 6.07) is 10.9. The largest absolute Gasteiger partial charge is 0.362 e. The molecule has 1 saturated heterocycles. The molecule has 0 unspecified atom stereocenters. The molecule has 0 saturated carbocycles. The maximum Gasteiger partial charge on any atom is 0.283 e. The molecule has 1 aliphatic heterocycles. The normalized spacial score (nSPS) is 15.6. The van der Waals surface area contributed by atoms with Crippen LogP contribution in [0.3, 0.4) is 0 Å². The maximum absolute atomic E-state index is 12.4. The van der Waals surface area contributed by atoms with E-state index < -0.39 is 20.9 Å². The SMILES string of the molecule is CN1CCC/C1=N\S(=O)(=O)c1ccc(NC(=O)c2cccc([N+](=O)[O-])c2)cc1. The van der Waals surface area contributed by atoms with Gasteiger partial charge in [-0.3, -0.25) is 14.9 Å². The highest BCUT2D eigenvalue weighted by atomic mass is 32.2. The molecule has 2 aromatic carbocycles. The van der Waals surface area contributed by atoms with Crippen molar-refractivity contribution in [1.82, 2.24) is 4.90 Å². The van der Waals surface area contributed by atoms with Crippen LogP contribution in [-0.2, 0) is 10.0 Å². The molecule has 1 N–H and O–H groups in total. The number of nitro groups is 1. The Balaban J connectivity index is 1.75. The lowest BCUT2D eigenvalue weighted by atomic mass is 10.2. The van der Waals surface area contributed by atoms with Crippen molar-refractivity contribution in [1.29, 1.82) is 0 Å². The van der Waals surface area contributed by atoms with E-state index in [1.807, 2.05) is 4.90 Å². The minimum Gasteiger partial charge on any atom is -0.362 e. The van der Waals surface area contributed by atoms with Gasteiger partial charge in [0, 0.05) is 43.4 Å². The Bertz CT molecular complexity index is 1050. The second-order valence-electron chi connectivity index (χ2n) is 6.29. The highest BCUT2D eigenvalue weighted by Crippen LogP contribution is 2.20. The number of hydrogen-bond acceptors (Lipinski definition) is 5. The van der Waals surface area contributed by atoms with Crippen molar-refractivity contribution >= 4 is 33.1 Å². The smallest absolute Gasteiger partial charge is 0.283 e. The quantitative estimate of drug-likeness (QED) is 0.606. The molecule has 0 spiro atoms. The number of nitro benzene ring substituents is 1. The fraction of sp³-hybridized carbons (Fsp3) is 0.222. The van der Waals surface area contributed by atoms with Gasteiger partial charge in [0.2, 0.25) is 0 Å². The van der Waals surface area contributed by atoms with Crippen LogP contribution in [0, 0.1) is 10.1 Å². The number of non-ortho nitro benzene ring substituents is 1. The molecule has 9 nitrogen and oxygen atoms in total. The number of hydrogen-bond donors (Lipinski definition) is 1. The maximum atomic E-state index is 12.4. The van der Waals surface area contributed by atoms with Crippen LogP contribution in [0.5, 0.6) is 0 Å². The lowest BCUT2D eigenvalue weighted by molar-refractivity contribution is -0.384. The van der Waals surface area contributed by atoms with Crippen LogP contribution in [0.2, 0.25) is 0 Å². The Hall–Kier alpha value is -3.27. The third-order valence-electron chi connectivity index (χ3n) is 4.29. The van der Waals surface area contributed by atoms with E-state index in [4.69, 9.17) is 0 Å². The van der Waals surface area contributed by atoms with Gasteiger partial charge in [-0.25, -0.2) is 0 Å². The Labute approximate surface area is 161 Å². The molecule has 0 aliphatic carbocycles. The molecule has 0 atom stereocenters. The van der Waals surface area contributed by atoms with Gasteiger partial charge in [-0.1, -0.05) is 6.07 Å². The van der Waals surface area contributed by atoms with E-state index in [9.17, 15) is 23.3 Å². The van der Waals surface area contributed by atoms with Crippen LogP contribution in [-0.4, -0.2) is 43.6 Å². The van der Waals surface area contributed by atoms with Crippen LogP contribution < -0.4 is 5.32 Å². The lowest BCUT2D eigenvalue weighted by Crippen LogP contribution is -2.20. The Morgan fingerprint density at radius 3 is 2.54 bits per heavy atom. The first-order valence-electron chi connectivity index (χ1n) is 8.47. The molecule has 28 heavy (non-hydrogen) atoms. The van der Waals surface area contributed by atoms with E-state index in [2.05, 4.69) is 9.71 Å². The molecule has 0 radical (unpaired) electrons. The van der Waals surface area contributed by atoms with E-state index >= 15 is 0 Å². The summed E-state index contributed by atoms with van der Waals surface area (Å²) < 4.78 is 28.7. The Morgan fingerprint density at radius 2 is 1.93 bits per heavy atom. The van der Waals surface area contributed by atoms with E-state index in [1.165, 1.54) is 48.5 Å². The van der Waals surface area contributed by atoms with Crippen LogP contribution in [0.4, 0.5) is 11.4 Å². The number of nitrogens with zero attached hydrogens (tertiary/aromatic N) is 3.